The molecule has 0 saturated carbocycles. The van der Waals surface area contributed by atoms with Gasteiger partial charge in [0.1, 0.15) is 0 Å². The van der Waals surface area contributed by atoms with Gasteiger partial charge < -0.3 is 20.0 Å². The van der Waals surface area contributed by atoms with Crippen molar-refractivity contribution in [3.8, 4) is 5.69 Å². The van der Waals surface area contributed by atoms with Crippen LogP contribution in [-0.4, -0.2) is 31.1 Å². The maximum atomic E-state index is 11.4. The number of fused-ring (bicyclic) bond motifs is 3. The average molecular weight is 362 g/mol. The molecule has 0 aliphatic rings. The second kappa shape index (κ2) is 6.28. The van der Waals surface area contributed by atoms with E-state index in [0.717, 1.165) is 33.2 Å². The Kier molecular flexibility index (Phi) is 3.92. The lowest BCUT2D eigenvalue weighted by molar-refractivity contribution is -0.118. The number of carboxylic acids is 1. The van der Waals surface area contributed by atoms with Gasteiger partial charge in [0, 0.05) is 46.7 Å². The lowest BCUT2D eigenvalue weighted by Gasteiger charge is -2.07. The maximum absolute atomic E-state index is 11.4. The van der Waals surface area contributed by atoms with Crippen molar-refractivity contribution in [1.82, 2.24) is 14.1 Å². The number of imidazole rings is 1. The van der Waals surface area contributed by atoms with E-state index < -0.39 is 5.97 Å². The number of nitrogens with two attached hydrogens (primary N) is 1. The van der Waals surface area contributed by atoms with Gasteiger partial charge in [-0.3, -0.25) is 4.79 Å². The van der Waals surface area contributed by atoms with E-state index in [1.807, 2.05) is 40.5 Å². The molecule has 27 heavy (non-hydrogen) atoms. The van der Waals surface area contributed by atoms with Crippen LogP contribution >= 0.6 is 0 Å². The van der Waals surface area contributed by atoms with E-state index >= 15 is 0 Å². The largest absolute Gasteiger partial charge is 0.478 e. The Morgan fingerprint density at radius 2 is 1.81 bits per heavy atom. The smallest absolute Gasteiger partial charge is 0.335 e. The Balaban J connectivity index is 1.98. The molecule has 4 rings (SSSR count). The number of hydrogen-bond donors (Lipinski definition) is 2. The summed E-state index contributed by atoms with van der Waals surface area (Å²) in [7, 11) is 0. The van der Waals surface area contributed by atoms with Gasteiger partial charge in [0.05, 0.1) is 17.6 Å². The van der Waals surface area contributed by atoms with Crippen molar-refractivity contribution in [3.63, 3.8) is 0 Å². The van der Waals surface area contributed by atoms with Gasteiger partial charge in [0.15, 0.2) is 0 Å². The number of carbonyl (C=O) groups is 2. The molecule has 7 heteroatoms. The zero-order valence-electron chi connectivity index (χ0n) is 14.7. The summed E-state index contributed by atoms with van der Waals surface area (Å²) in [5.41, 5.74) is 9.18. The van der Waals surface area contributed by atoms with Gasteiger partial charge in [0.25, 0.3) is 0 Å². The molecule has 2 aromatic carbocycles. The third-order valence-electron chi connectivity index (χ3n) is 4.69. The quantitative estimate of drug-likeness (QED) is 0.570. The van der Waals surface area contributed by atoms with Crippen LogP contribution in [0.3, 0.4) is 0 Å². The minimum atomic E-state index is -0.976. The zero-order valence-corrected chi connectivity index (χ0v) is 14.7. The molecule has 2 heterocycles. The zero-order chi connectivity index (χ0) is 19.1. The molecule has 0 radical (unpaired) electrons. The standard InChI is InChI=1S/C20H18N4O3/c1-12-10-23(11-22-12)14-3-5-18-16(9-14)15-8-13(20(26)27)2-4-17(15)24(18)7-6-19(21)25/h2-5,8-11H,6-7H2,1H3,(H2,21,25)(H,26,27). The van der Waals surface area contributed by atoms with Crippen LogP contribution in [-0.2, 0) is 11.3 Å². The van der Waals surface area contributed by atoms with E-state index in [1.54, 1.807) is 24.5 Å². The lowest BCUT2D eigenvalue weighted by atomic mass is 10.1. The number of aryl methyl sites for hydroxylation is 2. The number of benzene rings is 2. The molecular formula is C20H18N4O3. The summed E-state index contributed by atoms with van der Waals surface area (Å²) in [6, 6.07) is 11.0. The van der Waals surface area contributed by atoms with Crippen LogP contribution in [0.2, 0.25) is 0 Å². The molecule has 0 atom stereocenters. The second-order valence-electron chi connectivity index (χ2n) is 6.53. The van der Waals surface area contributed by atoms with Crippen molar-refractivity contribution >= 4 is 33.7 Å². The van der Waals surface area contributed by atoms with Gasteiger partial charge in [-0.2, -0.15) is 0 Å². The third kappa shape index (κ3) is 2.93. The van der Waals surface area contributed by atoms with Crippen molar-refractivity contribution in [2.75, 3.05) is 0 Å². The summed E-state index contributed by atoms with van der Waals surface area (Å²) < 4.78 is 3.92. The third-order valence-corrected chi connectivity index (χ3v) is 4.69. The lowest BCUT2D eigenvalue weighted by Crippen LogP contribution is -2.13. The van der Waals surface area contributed by atoms with E-state index in [0.29, 0.717) is 6.54 Å². The molecule has 0 fully saturated rings. The number of carbonyl (C=O) groups excluding carboxylic acids is 1. The molecule has 2 aromatic heterocycles. The summed E-state index contributed by atoms with van der Waals surface area (Å²) in [5.74, 6) is -1.35. The van der Waals surface area contributed by atoms with E-state index in [9.17, 15) is 14.7 Å². The number of hydrogen-bond acceptors (Lipinski definition) is 3. The average Bonchev–Trinajstić information content (AvgIpc) is 3.20. The SMILES string of the molecule is Cc1cn(-c2ccc3c(c2)c2cc(C(=O)O)ccc2n3CCC(N)=O)cn1. The van der Waals surface area contributed by atoms with E-state index in [1.165, 1.54) is 0 Å². The fourth-order valence-electron chi connectivity index (χ4n) is 3.41. The summed E-state index contributed by atoms with van der Waals surface area (Å²) in [4.78, 5) is 26.9. The summed E-state index contributed by atoms with van der Waals surface area (Å²) in [5, 5.41) is 11.1. The first-order valence-electron chi connectivity index (χ1n) is 8.52. The topological polar surface area (TPSA) is 103 Å². The molecular weight excluding hydrogens is 344 g/mol. The molecule has 3 N–H and O–H groups in total. The summed E-state index contributed by atoms with van der Waals surface area (Å²) >= 11 is 0. The van der Waals surface area contributed by atoms with Crippen LogP contribution < -0.4 is 5.73 Å². The summed E-state index contributed by atoms with van der Waals surface area (Å²) in [6.45, 7) is 2.36. The number of carboxylic acid groups (broad SMARTS) is 1. The molecule has 0 spiro atoms. The predicted molar refractivity (Wildman–Crippen MR) is 102 cm³/mol. The van der Waals surface area contributed by atoms with Crippen LogP contribution in [0.25, 0.3) is 27.5 Å². The van der Waals surface area contributed by atoms with Gasteiger partial charge in [-0.25, -0.2) is 9.78 Å². The monoisotopic (exact) mass is 362 g/mol. The van der Waals surface area contributed by atoms with Crippen LogP contribution in [0.15, 0.2) is 48.9 Å². The molecule has 7 nitrogen and oxygen atoms in total. The minimum Gasteiger partial charge on any atom is -0.478 e. The Morgan fingerprint density at radius 3 is 2.44 bits per heavy atom. The fourth-order valence-corrected chi connectivity index (χ4v) is 3.41. The number of nitrogens with zero attached hydrogens (tertiary/aromatic N) is 3. The predicted octanol–water partition coefficient (Wildman–Crippen LogP) is 2.86. The highest BCUT2D eigenvalue weighted by atomic mass is 16.4. The van der Waals surface area contributed by atoms with Crippen molar-refractivity contribution < 1.29 is 14.7 Å². The van der Waals surface area contributed by atoms with Crippen molar-refractivity contribution in [1.29, 1.82) is 0 Å². The molecule has 0 saturated heterocycles. The number of aromatic nitrogens is 3. The highest BCUT2D eigenvalue weighted by Gasteiger charge is 2.14. The van der Waals surface area contributed by atoms with Crippen LogP contribution in [0.1, 0.15) is 22.5 Å². The molecule has 4 aromatic rings. The normalized spacial score (nSPS) is 11.3. The Bertz CT molecular complexity index is 1200. The number of amides is 1. The van der Waals surface area contributed by atoms with Gasteiger partial charge in [-0.15, -0.1) is 0 Å². The van der Waals surface area contributed by atoms with Gasteiger partial charge >= 0.3 is 5.97 Å². The highest BCUT2D eigenvalue weighted by molar-refractivity contribution is 6.10. The first-order chi connectivity index (χ1) is 12.9. The van der Waals surface area contributed by atoms with Crippen molar-refractivity contribution in [2.24, 2.45) is 5.73 Å². The van der Waals surface area contributed by atoms with E-state index in [2.05, 4.69) is 4.98 Å². The molecule has 0 unspecified atom stereocenters. The van der Waals surface area contributed by atoms with Crippen LogP contribution in [0.5, 0.6) is 0 Å². The van der Waals surface area contributed by atoms with Crippen molar-refractivity contribution in [3.05, 3.63) is 60.2 Å². The van der Waals surface area contributed by atoms with Gasteiger partial charge in [0.2, 0.25) is 5.91 Å². The Morgan fingerprint density at radius 1 is 1.11 bits per heavy atom. The minimum absolute atomic E-state index is 0.210. The molecule has 136 valence electrons. The van der Waals surface area contributed by atoms with Crippen LogP contribution in [0.4, 0.5) is 0 Å². The van der Waals surface area contributed by atoms with E-state index in [4.69, 9.17) is 5.73 Å². The molecule has 0 aliphatic heterocycles. The Labute approximate surface area is 154 Å². The van der Waals surface area contributed by atoms with Crippen molar-refractivity contribution in [2.45, 2.75) is 19.9 Å². The first-order valence-corrected chi connectivity index (χ1v) is 8.52. The van der Waals surface area contributed by atoms with E-state index in [-0.39, 0.29) is 17.9 Å². The van der Waals surface area contributed by atoms with Gasteiger partial charge in [-0.1, -0.05) is 0 Å². The first kappa shape index (κ1) is 16.8. The second-order valence-corrected chi connectivity index (χ2v) is 6.53. The number of aromatic carboxylic acids is 1. The number of rotatable bonds is 5. The molecule has 0 aliphatic carbocycles. The molecule has 1 amide bonds. The molecule has 0 bridgehead atoms. The number of primary amides is 1. The van der Waals surface area contributed by atoms with Crippen LogP contribution in [0, 0.1) is 6.92 Å². The maximum Gasteiger partial charge on any atom is 0.335 e. The Hall–Kier alpha value is -3.61. The highest BCUT2D eigenvalue weighted by Crippen LogP contribution is 2.32. The summed E-state index contributed by atoms with van der Waals surface area (Å²) in [6.07, 6.45) is 3.88. The fraction of sp³-hybridized carbons (Fsp3) is 0.150. The van der Waals surface area contributed by atoms with Gasteiger partial charge in [-0.05, 0) is 43.3 Å².